The minimum absolute atomic E-state index is 0.133. The van der Waals surface area contributed by atoms with Gasteiger partial charge in [-0.05, 0) is 173 Å². The first-order chi connectivity index (χ1) is 24.3. The van der Waals surface area contributed by atoms with Crippen molar-refractivity contribution in [1.29, 1.82) is 0 Å². The third kappa shape index (κ3) is 12.6. The zero-order valence-electron chi connectivity index (χ0n) is 30.4. The molecule has 0 aromatic heterocycles. The van der Waals surface area contributed by atoms with E-state index in [-0.39, 0.29) is 5.75 Å². The minimum Gasteiger partial charge on any atom is -0.429 e. The molecule has 0 bridgehead atoms. The van der Waals surface area contributed by atoms with Crippen LogP contribution in [-0.4, -0.2) is 13.0 Å². The summed E-state index contributed by atoms with van der Waals surface area (Å²) in [7, 11) is 0. The van der Waals surface area contributed by atoms with Crippen molar-refractivity contribution in [1.82, 2.24) is 0 Å². The van der Waals surface area contributed by atoms with E-state index < -0.39 is 30.4 Å². The highest BCUT2D eigenvalue weighted by atomic mass is 19.4. The SMILES string of the molecule is CC1CCC(C2CCC(Cc3cc(F)c(OC(F)F)c(F)c3)CC2)CC1.CC1CCC(C2CCC(Cc3ccc(OC(F)(F)F)cc3)CC2)CC1. The molecule has 4 fully saturated rings. The van der Waals surface area contributed by atoms with E-state index in [0.29, 0.717) is 23.8 Å². The molecule has 2 aromatic carbocycles. The lowest BCUT2D eigenvalue weighted by Gasteiger charge is -2.37. The van der Waals surface area contributed by atoms with Crippen LogP contribution in [0.3, 0.4) is 0 Å². The molecule has 9 heteroatoms. The quantitative estimate of drug-likeness (QED) is 0.240. The molecule has 0 amide bonds. The summed E-state index contributed by atoms with van der Waals surface area (Å²) in [5.74, 6) is 3.15. The summed E-state index contributed by atoms with van der Waals surface area (Å²) in [5, 5.41) is 0. The molecule has 0 N–H and O–H groups in total. The molecule has 6 rings (SSSR count). The van der Waals surface area contributed by atoms with Gasteiger partial charge in [0.05, 0.1) is 0 Å². The highest BCUT2D eigenvalue weighted by molar-refractivity contribution is 5.32. The van der Waals surface area contributed by atoms with Gasteiger partial charge in [0.15, 0.2) is 17.4 Å². The van der Waals surface area contributed by atoms with Gasteiger partial charge in [0.2, 0.25) is 0 Å². The Labute approximate surface area is 300 Å². The Morgan fingerprint density at radius 3 is 1.31 bits per heavy atom. The van der Waals surface area contributed by atoms with Crippen molar-refractivity contribution in [3.8, 4) is 11.5 Å². The molecular weight excluding hydrogens is 669 g/mol. The van der Waals surface area contributed by atoms with E-state index in [0.717, 1.165) is 72.5 Å². The molecular formula is C42H57F7O2. The summed E-state index contributed by atoms with van der Waals surface area (Å²) < 4.78 is 96.6. The number of alkyl halides is 5. The Bertz CT molecular complexity index is 1290. The predicted octanol–water partition coefficient (Wildman–Crippen LogP) is 13.5. The van der Waals surface area contributed by atoms with E-state index in [9.17, 15) is 30.7 Å². The van der Waals surface area contributed by atoms with Gasteiger partial charge in [0.1, 0.15) is 5.75 Å². The average Bonchev–Trinajstić information content (AvgIpc) is 3.08. The molecule has 4 aliphatic carbocycles. The van der Waals surface area contributed by atoms with Gasteiger partial charge in [-0.15, -0.1) is 13.2 Å². The second kappa shape index (κ2) is 18.5. The summed E-state index contributed by atoms with van der Waals surface area (Å²) in [6.07, 6.45) is 17.7. The van der Waals surface area contributed by atoms with Crippen LogP contribution in [0.5, 0.6) is 11.5 Å². The predicted molar refractivity (Wildman–Crippen MR) is 187 cm³/mol. The van der Waals surface area contributed by atoms with Gasteiger partial charge in [0, 0.05) is 0 Å². The number of rotatable bonds is 9. The van der Waals surface area contributed by atoms with Gasteiger partial charge in [-0.1, -0.05) is 51.7 Å². The van der Waals surface area contributed by atoms with Gasteiger partial charge >= 0.3 is 13.0 Å². The Morgan fingerprint density at radius 2 is 0.941 bits per heavy atom. The maximum Gasteiger partial charge on any atom is 0.573 e. The van der Waals surface area contributed by atoms with E-state index in [4.69, 9.17) is 0 Å². The van der Waals surface area contributed by atoms with Crippen LogP contribution < -0.4 is 9.47 Å². The summed E-state index contributed by atoms with van der Waals surface area (Å²) >= 11 is 0. The van der Waals surface area contributed by atoms with Gasteiger partial charge in [-0.3, -0.25) is 0 Å². The van der Waals surface area contributed by atoms with Crippen LogP contribution in [0.4, 0.5) is 30.7 Å². The van der Waals surface area contributed by atoms with Crippen LogP contribution in [0.2, 0.25) is 0 Å². The van der Waals surface area contributed by atoms with Crippen molar-refractivity contribution in [3.05, 3.63) is 59.2 Å². The minimum atomic E-state index is -4.61. The van der Waals surface area contributed by atoms with Crippen molar-refractivity contribution >= 4 is 0 Å². The molecule has 4 aliphatic rings. The van der Waals surface area contributed by atoms with E-state index in [1.165, 1.54) is 102 Å². The van der Waals surface area contributed by atoms with Crippen LogP contribution >= 0.6 is 0 Å². The maximum absolute atomic E-state index is 13.9. The first-order valence-electron chi connectivity index (χ1n) is 19.6. The fourth-order valence-corrected chi connectivity index (χ4v) is 9.67. The zero-order valence-corrected chi connectivity index (χ0v) is 30.4. The highest BCUT2D eigenvalue weighted by Crippen LogP contribution is 2.43. The third-order valence-electron chi connectivity index (χ3n) is 12.7. The Balaban J connectivity index is 0.000000198. The van der Waals surface area contributed by atoms with Crippen LogP contribution in [-0.2, 0) is 12.8 Å². The number of hydrogen-bond donors (Lipinski definition) is 0. The van der Waals surface area contributed by atoms with Crippen LogP contribution in [0.15, 0.2) is 36.4 Å². The molecule has 51 heavy (non-hydrogen) atoms. The smallest absolute Gasteiger partial charge is 0.429 e. The fourth-order valence-electron chi connectivity index (χ4n) is 9.67. The summed E-state index contributed by atoms with van der Waals surface area (Å²) in [4.78, 5) is 0. The lowest BCUT2D eigenvalue weighted by Crippen LogP contribution is -2.25. The van der Waals surface area contributed by atoms with Crippen molar-refractivity contribution in [3.63, 3.8) is 0 Å². The standard InChI is InChI=1S/C21H28F4O.C21H29F3O/c1-13-2-6-16(7-3-13)17-8-4-14(5-9-17)10-15-11-18(22)20(19(23)12-15)26-21(24)25;1-15-2-8-18(9-3-15)19-10-4-16(5-11-19)14-17-6-12-20(13-7-17)25-21(22,23)24/h11-14,16-17,21H,2-10H2,1H3;6-7,12-13,15-16,18-19H,2-5,8-11,14H2,1H3. The Kier molecular flexibility index (Phi) is 14.5. The number of ether oxygens (including phenoxy) is 2. The molecule has 0 saturated heterocycles. The van der Waals surface area contributed by atoms with Crippen LogP contribution in [0.25, 0.3) is 0 Å². The first-order valence-corrected chi connectivity index (χ1v) is 19.6. The Hall–Kier alpha value is -2.45. The molecule has 2 nitrogen and oxygen atoms in total. The second-order valence-corrected chi connectivity index (χ2v) is 16.5. The van der Waals surface area contributed by atoms with E-state index in [1.54, 1.807) is 12.1 Å². The summed E-state index contributed by atoms with van der Waals surface area (Å²) in [6.45, 7) is 1.48. The van der Waals surface area contributed by atoms with Gasteiger partial charge in [0.25, 0.3) is 0 Å². The molecule has 0 aliphatic heterocycles. The van der Waals surface area contributed by atoms with E-state index in [1.807, 2.05) is 0 Å². The largest absolute Gasteiger partial charge is 0.573 e. The first kappa shape index (κ1) is 39.8. The lowest BCUT2D eigenvalue weighted by molar-refractivity contribution is -0.274. The van der Waals surface area contributed by atoms with Crippen molar-refractivity contribution in [2.24, 2.45) is 47.3 Å². The third-order valence-corrected chi connectivity index (χ3v) is 12.7. The molecule has 0 atom stereocenters. The van der Waals surface area contributed by atoms with Crippen molar-refractivity contribution < 1.29 is 40.2 Å². The molecule has 0 radical (unpaired) electrons. The molecule has 0 spiro atoms. The maximum atomic E-state index is 13.9. The monoisotopic (exact) mass is 726 g/mol. The normalized spacial score (nSPS) is 30.3. The van der Waals surface area contributed by atoms with E-state index in [2.05, 4.69) is 23.3 Å². The molecule has 286 valence electrons. The topological polar surface area (TPSA) is 18.5 Å². The van der Waals surface area contributed by atoms with Crippen LogP contribution in [0.1, 0.15) is 128 Å². The Morgan fingerprint density at radius 1 is 0.569 bits per heavy atom. The number of halogens is 7. The average molecular weight is 727 g/mol. The van der Waals surface area contributed by atoms with Gasteiger partial charge < -0.3 is 9.47 Å². The van der Waals surface area contributed by atoms with E-state index >= 15 is 0 Å². The molecule has 0 heterocycles. The zero-order chi connectivity index (χ0) is 36.5. The fraction of sp³-hybridized carbons (Fsp3) is 0.714. The molecule has 2 aromatic rings. The number of hydrogen-bond acceptors (Lipinski definition) is 2. The highest BCUT2D eigenvalue weighted by Gasteiger charge is 2.33. The number of benzene rings is 2. The second-order valence-electron chi connectivity index (χ2n) is 16.5. The van der Waals surface area contributed by atoms with Gasteiger partial charge in [-0.2, -0.15) is 8.78 Å². The lowest BCUT2D eigenvalue weighted by atomic mass is 9.69. The molecule has 4 saturated carbocycles. The summed E-state index contributed by atoms with van der Waals surface area (Å²) in [5.41, 5.74) is 1.64. The van der Waals surface area contributed by atoms with Crippen molar-refractivity contribution in [2.45, 2.75) is 142 Å². The van der Waals surface area contributed by atoms with Crippen LogP contribution in [0, 0.1) is 59.0 Å². The summed E-state index contributed by atoms with van der Waals surface area (Å²) in [6, 6.07) is 8.67. The molecule has 0 unspecified atom stereocenters. The van der Waals surface area contributed by atoms with Gasteiger partial charge in [-0.25, -0.2) is 8.78 Å². The van der Waals surface area contributed by atoms with Crippen molar-refractivity contribution in [2.75, 3.05) is 0 Å².